The topological polar surface area (TPSA) is 83.5 Å². The molecule has 0 aliphatic rings. The number of anilines is 1. The highest BCUT2D eigenvalue weighted by Crippen LogP contribution is 2.22. The van der Waals surface area contributed by atoms with E-state index in [9.17, 15) is 13.2 Å². The largest absolute Gasteiger partial charge is 0.478 e. The Morgan fingerprint density at radius 1 is 1.19 bits per heavy atom. The zero-order chi connectivity index (χ0) is 15.6. The molecule has 0 aliphatic carbocycles. The van der Waals surface area contributed by atoms with Crippen LogP contribution in [-0.2, 0) is 10.0 Å². The number of halogens is 1. The van der Waals surface area contributed by atoms with Gasteiger partial charge in [0.25, 0.3) is 10.0 Å². The number of rotatable bonds is 4. The second kappa shape index (κ2) is 5.75. The predicted molar refractivity (Wildman–Crippen MR) is 80.4 cm³/mol. The minimum absolute atomic E-state index is 0.0386. The number of nitrogens with one attached hydrogen (secondary N) is 1. The van der Waals surface area contributed by atoms with Gasteiger partial charge in [-0.25, -0.2) is 13.2 Å². The number of hydrogen-bond donors (Lipinski definition) is 2. The van der Waals surface area contributed by atoms with Gasteiger partial charge in [-0.1, -0.05) is 17.7 Å². The predicted octanol–water partition coefficient (Wildman–Crippen LogP) is 3.15. The minimum Gasteiger partial charge on any atom is -0.478 e. The van der Waals surface area contributed by atoms with E-state index >= 15 is 0 Å². The van der Waals surface area contributed by atoms with E-state index in [4.69, 9.17) is 16.7 Å². The van der Waals surface area contributed by atoms with E-state index in [0.717, 1.165) is 0 Å². The summed E-state index contributed by atoms with van der Waals surface area (Å²) in [7, 11) is -3.77. The van der Waals surface area contributed by atoms with Crippen molar-refractivity contribution in [3.05, 3.63) is 58.6 Å². The number of carboxylic acid groups (broad SMARTS) is 1. The van der Waals surface area contributed by atoms with Gasteiger partial charge in [-0.05, 0) is 48.9 Å². The third kappa shape index (κ3) is 3.53. The van der Waals surface area contributed by atoms with Crippen LogP contribution in [0, 0.1) is 6.92 Å². The number of carbonyl (C=O) groups is 1. The van der Waals surface area contributed by atoms with E-state index in [0.29, 0.717) is 16.3 Å². The highest BCUT2D eigenvalue weighted by atomic mass is 35.5. The highest BCUT2D eigenvalue weighted by Gasteiger charge is 2.16. The fourth-order valence-corrected chi connectivity index (χ4v) is 3.18. The molecule has 0 spiro atoms. The molecule has 0 radical (unpaired) electrons. The van der Waals surface area contributed by atoms with Crippen LogP contribution in [0.4, 0.5) is 5.69 Å². The summed E-state index contributed by atoms with van der Waals surface area (Å²) in [4.78, 5) is 10.9. The van der Waals surface area contributed by atoms with Crippen molar-refractivity contribution in [1.29, 1.82) is 0 Å². The molecule has 110 valence electrons. The molecule has 0 atom stereocenters. The normalized spacial score (nSPS) is 11.1. The van der Waals surface area contributed by atoms with Gasteiger partial charge in [0.15, 0.2) is 0 Å². The van der Waals surface area contributed by atoms with Crippen LogP contribution in [0.25, 0.3) is 0 Å². The summed E-state index contributed by atoms with van der Waals surface area (Å²) in [5.41, 5.74) is 0.929. The number of hydrogen-bond acceptors (Lipinski definition) is 3. The lowest BCUT2D eigenvalue weighted by Gasteiger charge is -2.11. The minimum atomic E-state index is -3.77. The second-order valence-electron chi connectivity index (χ2n) is 4.40. The first-order chi connectivity index (χ1) is 9.79. The molecule has 0 unspecified atom stereocenters. The third-order valence-electron chi connectivity index (χ3n) is 2.82. The molecule has 0 aromatic heterocycles. The van der Waals surface area contributed by atoms with Crippen molar-refractivity contribution in [1.82, 2.24) is 0 Å². The first-order valence-corrected chi connectivity index (χ1v) is 7.78. The van der Waals surface area contributed by atoms with Crippen molar-refractivity contribution >= 4 is 33.3 Å². The summed E-state index contributed by atoms with van der Waals surface area (Å²) in [5, 5.41) is 9.20. The Bertz CT molecular complexity index is 802. The summed E-state index contributed by atoms with van der Waals surface area (Å²) in [6, 6.07) is 10.0. The van der Waals surface area contributed by atoms with Gasteiger partial charge in [0.05, 0.1) is 16.1 Å². The zero-order valence-electron chi connectivity index (χ0n) is 11.0. The van der Waals surface area contributed by atoms with E-state index < -0.39 is 16.0 Å². The molecule has 0 heterocycles. The van der Waals surface area contributed by atoms with Crippen LogP contribution in [-0.4, -0.2) is 19.5 Å². The molecule has 2 N–H and O–H groups in total. The van der Waals surface area contributed by atoms with Gasteiger partial charge in [0.2, 0.25) is 0 Å². The molecule has 0 saturated carbocycles. The summed E-state index contributed by atoms with van der Waals surface area (Å²) in [6.45, 7) is 1.63. The Hall–Kier alpha value is -2.05. The zero-order valence-corrected chi connectivity index (χ0v) is 12.6. The van der Waals surface area contributed by atoms with Gasteiger partial charge in [0, 0.05) is 5.02 Å². The van der Waals surface area contributed by atoms with Crippen molar-refractivity contribution in [2.75, 3.05) is 4.72 Å². The SMILES string of the molecule is Cc1cc(C(=O)O)ccc1NS(=O)(=O)c1cccc(Cl)c1. The monoisotopic (exact) mass is 325 g/mol. The van der Waals surface area contributed by atoms with Gasteiger partial charge in [-0.2, -0.15) is 0 Å². The van der Waals surface area contributed by atoms with Crippen LogP contribution >= 0.6 is 11.6 Å². The number of benzene rings is 2. The number of carboxylic acids is 1. The summed E-state index contributed by atoms with van der Waals surface area (Å²) >= 11 is 5.78. The molecule has 0 amide bonds. The van der Waals surface area contributed by atoms with E-state index in [2.05, 4.69) is 4.72 Å². The summed E-state index contributed by atoms with van der Waals surface area (Å²) in [6.07, 6.45) is 0. The molecule has 2 aromatic rings. The van der Waals surface area contributed by atoms with E-state index in [1.807, 2.05) is 0 Å². The van der Waals surface area contributed by atoms with Crippen molar-refractivity contribution in [2.45, 2.75) is 11.8 Å². The van der Waals surface area contributed by atoms with Crippen LogP contribution in [0.2, 0.25) is 5.02 Å². The molecule has 0 saturated heterocycles. The van der Waals surface area contributed by atoms with Gasteiger partial charge in [0.1, 0.15) is 0 Å². The molecule has 0 aliphatic heterocycles. The summed E-state index contributed by atoms with van der Waals surface area (Å²) in [5.74, 6) is -1.07. The lowest BCUT2D eigenvalue weighted by Crippen LogP contribution is -2.14. The third-order valence-corrected chi connectivity index (χ3v) is 4.42. The Morgan fingerprint density at radius 2 is 1.90 bits per heavy atom. The molecule has 0 bridgehead atoms. The Kier molecular flexibility index (Phi) is 4.20. The lowest BCUT2D eigenvalue weighted by molar-refractivity contribution is 0.0697. The van der Waals surface area contributed by atoms with Crippen LogP contribution in [0.3, 0.4) is 0 Å². The van der Waals surface area contributed by atoms with Crippen LogP contribution < -0.4 is 4.72 Å². The average Bonchev–Trinajstić information content (AvgIpc) is 2.40. The van der Waals surface area contributed by atoms with Crippen molar-refractivity contribution in [2.24, 2.45) is 0 Å². The average molecular weight is 326 g/mol. The van der Waals surface area contributed by atoms with Gasteiger partial charge in [-0.3, -0.25) is 4.72 Å². The summed E-state index contributed by atoms with van der Waals surface area (Å²) < 4.78 is 26.9. The lowest BCUT2D eigenvalue weighted by atomic mass is 10.1. The quantitative estimate of drug-likeness (QED) is 0.904. The van der Waals surface area contributed by atoms with E-state index in [1.54, 1.807) is 13.0 Å². The maximum atomic E-state index is 12.2. The van der Waals surface area contributed by atoms with Crippen LogP contribution in [0.5, 0.6) is 0 Å². The first-order valence-electron chi connectivity index (χ1n) is 5.92. The van der Waals surface area contributed by atoms with Crippen LogP contribution in [0.15, 0.2) is 47.4 Å². The highest BCUT2D eigenvalue weighted by molar-refractivity contribution is 7.92. The molecule has 21 heavy (non-hydrogen) atoms. The maximum Gasteiger partial charge on any atom is 0.335 e. The number of aryl methyl sites for hydroxylation is 1. The Balaban J connectivity index is 2.35. The van der Waals surface area contributed by atoms with E-state index in [-0.39, 0.29) is 10.5 Å². The number of aromatic carboxylic acids is 1. The van der Waals surface area contributed by atoms with E-state index in [1.165, 1.54) is 36.4 Å². The van der Waals surface area contributed by atoms with Gasteiger partial charge < -0.3 is 5.11 Å². The maximum absolute atomic E-state index is 12.2. The van der Waals surface area contributed by atoms with Crippen molar-refractivity contribution in [3.63, 3.8) is 0 Å². The molecule has 2 rings (SSSR count). The van der Waals surface area contributed by atoms with Crippen LogP contribution in [0.1, 0.15) is 15.9 Å². The Labute approximate surface area is 127 Å². The van der Waals surface area contributed by atoms with Crippen molar-refractivity contribution in [3.8, 4) is 0 Å². The number of sulfonamides is 1. The smallest absolute Gasteiger partial charge is 0.335 e. The van der Waals surface area contributed by atoms with Crippen molar-refractivity contribution < 1.29 is 18.3 Å². The molecule has 0 fully saturated rings. The first kappa shape index (κ1) is 15.3. The fraction of sp³-hybridized carbons (Fsp3) is 0.0714. The molecule has 5 nitrogen and oxygen atoms in total. The molecular weight excluding hydrogens is 314 g/mol. The van der Waals surface area contributed by atoms with Gasteiger partial charge in [-0.15, -0.1) is 0 Å². The van der Waals surface area contributed by atoms with Gasteiger partial charge >= 0.3 is 5.97 Å². The molecular formula is C14H12ClNO4S. The molecule has 7 heteroatoms. The second-order valence-corrected chi connectivity index (χ2v) is 6.52. The Morgan fingerprint density at radius 3 is 2.48 bits per heavy atom. The fourth-order valence-electron chi connectivity index (χ4n) is 1.75. The standard InChI is InChI=1S/C14H12ClNO4S/c1-9-7-10(14(17)18)5-6-13(9)16-21(19,20)12-4-2-3-11(15)8-12/h2-8,16H,1H3,(H,17,18). The molecule has 2 aromatic carbocycles.